The molecule has 2 saturated heterocycles. The second-order valence-corrected chi connectivity index (χ2v) is 17.2. The molecule has 2 heterocycles. The molecule has 0 radical (unpaired) electrons. The first-order valence-electron chi connectivity index (χ1n) is 22.5. The molecule has 2 aliphatic carbocycles. The first-order chi connectivity index (χ1) is 29.1. The van der Waals surface area contributed by atoms with Gasteiger partial charge in [0.15, 0.2) is 23.0 Å². The van der Waals surface area contributed by atoms with Gasteiger partial charge < -0.3 is 19.3 Å². The fourth-order valence-electron chi connectivity index (χ4n) is 10.3. The smallest absolute Gasteiger partial charge is 0.165 e. The predicted octanol–water partition coefficient (Wildman–Crippen LogP) is 12.3. The molecule has 5 aromatic carbocycles. The molecule has 4 atom stereocenters. The number of nitrogens with zero attached hydrogens (tertiary/aromatic N) is 2. The van der Waals surface area contributed by atoms with Crippen LogP contribution in [0.25, 0.3) is 0 Å². The standard InChI is InChI=1S/C30H35NO2.C23H29NO2.2CH4/c1-2-17-31-18-9-14-26-19-27-25(20-28(26)31)15-16-29(32-21-23-10-5-3-6-11-23)30(27)33-22-24-12-7-4-8-13-24;1-2-12-24-13-6-9-19-14-20-18(15-21(19)24)10-11-22(23(20)25)26-16-17-7-4-3-5-8-17;;/h3-8,10-13,15-16,26,28H,2,9,14,17-22H2,1H3;3-5,7-8,10-11,19,21,25H,2,6,9,12-16H2,1H3;2*1H4/t26-,28-;19-,21-;;/m11../s1. The Labute approximate surface area is 367 Å². The number of benzene rings is 5. The molecule has 61 heavy (non-hydrogen) atoms. The first kappa shape index (κ1) is 45.7. The molecule has 4 aliphatic rings. The Morgan fingerprint density at radius 1 is 0.508 bits per heavy atom. The summed E-state index contributed by atoms with van der Waals surface area (Å²) in [6.45, 7) is 11.1. The number of hydrogen-bond donors (Lipinski definition) is 1. The summed E-state index contributed by atoms with van der Waals surface area (Å²) >= 11 is 0. The molecular weight excluding hydrogens is 753 g/mol. The van der Waals surface area contributed by atoms with E-state index in [2.05, 4.69) is 90.4 Å². The third-order valence-corrected chi connectivity index (χ3v) is 13.2. The molecule has 2 fully saturated rings. The van der Waals surface area contributed by atoms with E-state index in [4.69, 9.17) is 14.2 Å². The van der Waals surface area contributed by atoms with Crippen LogP contribution in [0.15, 0.2) is 115 Å². The monoisotopic (exact) mass is 825 g/mol. The maximum atomic E-state index is 10.8. The van der Waals surface area contributed by atoms with Crippen LogP contribution < -0.4 is 14.2 Å². The summed E-state index contributed by atoms with van der Waals surface area (Å²) in [6.07, 6.45) is 11.9. The van der Waals surface area contributed by atoms with Gasteiger partial charge in [0.25, 0.3) is 0 Å². The number of piperidine rings is 2. The van der Waals surface area contributed by atoms with Crippen molar-refractivity contribution >= 4 is 0 Å². The highest BCUT2D eigenvalue weighted by Crippen LogP contribution is 2.44. The topological polar surface area (TPSA) is 54.4 Å². The minimum absolute atomic E-state index is 0. The Bertz CT molecular complexity index is 2070. The lowest BCUT2D eigenvalue weighted by atomic mass is 9.75. The van der Waals surface area contributed by atoms with Gasteiger partial charge in [0, 0.05) is 23.2 Å². The fraction of sp³-hybridized carbons (Fsp3) is 0.455. The lowest BCUT2D eigenvalue weighted by Gasteiger charge is -2.45. The molecule has 9 rings (SSSR count). The van der Waals surface area contributed by atoms with Crippen molar-refractivity contribution in [2.75, 3.05) is 26.2 Å². The highest BCUT2D eigenvalue weighted by atomic mass is 16.5. The summed E-state index contributed by atoms with van der Waals surface area (Å²) in [7, 11) is 0. The fourth-order valence-corrected chi connectivity index (χ4v) is 10.3. The van der Waals surface area contributed by atoms with Crippen LogP contribution in [0.2, 0.25) is 0 Å². The van der Waals surface area contributed by atoms with Gasteiger partial charge in [-0.1, -0.05) is 132 Å². The van der Waals surface area contributed by atoms with Crippen molar-refractivity contribution in [2.24, 2.45) is 11.8 Å². The van der Waals surface area contributed by atoms with E-state index in [0.29, 0.717) is 55.2 Å². The molecule has 5 aromatic rings. The molecule has 6 heteroatoms. The zero-order valence-corrected chi connectivity index (χ0v) is 35.4. The van der Waals surface area contributed by atoms with Gasteiger partial charge >= 0.3 is 0 Å². The number of likely N-dealkylation sites (tertiary alicyclic amines) is 2. The number of hydrogen-bond acceptors (Lipinski definition) is 6. The normalized spacial score (nSPS) is 20.4. The molecule has 0 spiro atoms. The Hall–Kier alpha value is -4.78. The summed E-state index contributed by atoms with van der Waals surface area (Å²) in [5, 5.41) is 10.8. The summed E-state index contributed by atoms with van der Waals surface area (Å²) in [5.41, 5.74) is 8.71. The van der Waals surface area contributed by atoms with E-state index < -0.39 is 0 Å². The number of aromatic hydroxyl groups is 1. The Balaban J connectivity index is 0.000000203. The highest BCUT2D eigenvalue weighted by molar-refractivity contribution is 5.53. The summed E-state index contributed by atoms with van der Waals surface area (Å²) < 4.78 is 18.8. The van der Waals surface area contributed by atoms with Crippen LogP contribution >= 0.6 is 0 Å². The summed E-state index contributed by atoms with van der Waals surface area (Å²) in [5.74, 6) is 4.18. The van der Waals surface area contributed by atoms with E-state index in [1.165, 1.54) is 92.5 Å². The van der Waals surface area contributed by atoms with Gasteiger partial charge in [-0.3, -0.25) is 9.80 Å². The van der Waals surface area contributed by atoms with E-state index in [-0.39, 0.29) is 14.9 Å². The van der Waals surface area contributed by atoms with Crippen LogP contribution in [0, 0.1) is 11.8 Å². The van der Waals surface area contributed by atoms with Crippen LogP contribution in [0.1, 0.15) is 106 Å². The van der Waals surface area contributed by atoms with Gasteiger partial charge in [0.2, 0.25) is 0 Å². The summed E-state index contributed by atoms with van der Waals surface area (Å²) in [4.78, 5) is 5.41. The van der Waals surface area contributed by atoms with E-state index in [0.717, 1.165) is 48.3 Å². The average molecular weight is 825 g/mol. The van der Waals surface area contributed by atoms with Crippen LogP contribution in [0.3, 0.4) is 0 Å². The van der Waals surface area contributed by atoms with Gasteiger partial charge in [0.1, 0.15) is 19.8 Å². The Morgan fingerprint density at radius 2 is 0.934 bits per heavy atom. The third-order valence-electron chi connectivity index (χ3n) is 13.2. The zero-order chi connectivity index (χ0) is 40.4. The average Bonchev–Trinajstić information content (AvgIpc) is 3.28. The molecule has 1 N–H and O–H groups in total. The second kappa shape index (κ2) is 22.4. The number of rotatable bonds is 13. The lowest BCUT2D eigenvalue weighted by molar-refractivity contribution is 0.0844. The largest absolute Gasteiger partial charge is 0.504 e. The van der Waals surface area contributed by atoms with E-state index >= 15 is 0 Å². The minimum Gasteiger partial charge on any atom is -0.504 e. The number of phenolic OH excluding ortho intramolecular Hbond substituents is 1. The zero-order valence-electron chi connectivity index (χ0n) is 35.4. The Kier molecular flexibility index (Phi) is 16.8. The molecular formula is C55H72N2O4. The quantitative estimate of drug-likeness (QED) is 0.128. The molecule has 326 valence electrons. The SMILES string of the molecule is C.C.CCCN1CCC[C@@H]2Cc3c(ccc(OCc4ccccc4)c3O)C[C@H]21.CCCN1CCC[C@@H]2Cc3c(ccc(OCc4ccccc4)c3OCc3ccccc3)C[C@H]21. The lowest BCUT2D eigenvalue weighted by Crippen LogP contribution is -2.49. The highest BCUT2D eigenvalue weighted by Gasteiger charge is 2.38. The van der Waals surface area contributed by atoms with Crippen LogP contribution in [-0.2, 0) is 45.5 Å². The number of ether oxygens (including phenoxy) is 3. The molecule has 6 nitrogen and oxygen atoms in total. The molecule has 0 amide bonds. The van der Waals surface area contributed by atoms with Crippen molar-refractivity contribution in [1.29, 1.82) is 0 Å². The van der Waals surface area contributed by atoms with Crippen LogP contribution in [0.4, 0.5) is 0 Å². The predicted molar refractivity (Wildman–Crippen MR) is 252 cm³/mol. The van der Waals surface area contributed by atoms with Gasteiger partial charge in [-0.05, 0) is 142 Å². The van der Waals surface area contributed by atoms with E-state index in [9.17, 15) is 5.11 Å². The van der Waals surface area contributed by atoms with Crippen molar-refractivity contribution in [3.05, 3.63) is 154 Å². The number of phenols is 1. The number of fused-ring (bicyclic) bond motifs is 4. The maximum absolute atomic E-state index is 10.8. The van der Waals surface area contributed by atoms with Crippen molar-refractivity contribution in [1.82, 2.24) is 9.80 Å². The molecule has 0 aromatic heterocycles. The first-order valence-corrected chi connectivity index (χ1v) is 22.5. The van der Waals surface area contributed by atoms with E-state index in [1.807, 2.05) is 48.5 Å². The molecule has 0 unspecified atom stereocenters. The van der Waals surface area contributed by atoms with Gasteiger partial charge in [-0.15, -0.1) is 0 Å². The van der Waals surface area contributed by atoms with E-state index in [1.54, 1.807) is 0 Å². The van der Waals surface area contributed by atoms with Gasteiger partial charge in [-0.2, -0.15) is 0 Å². The van der Waals surface area contributed by atoms with Gasteiger partial charge in [0.05, 0.1) is 0 Å². The molecule has 2 aliphatic heterocycles. The van der Waals surface area contributed by atoms with Crippen LogP contribution in [-0.4, -0.2) is 53.2 Å². The van der Waals surface area contributed by atoms with Crippen molar-refractivity contribution in [3.63, 3.8) is 0 Å². The minimum atomic E-state index is 0. The van der Waals surface area contributed by atoms with Crippen molar-refractivity contribution in [3.8, 4) is 23.0 Å². The van der Waals surface area contributed by atoms with Crippen molar-refractivity contribution in [2.45, 2.75) is 125 Å². The molecule has 0 saturated carbocycles. The van der Waals surface area contributed by atoms with Crippen LogP contribution in [0.5, 0.6) is 23.0 Å². The second-order valence-electron chi connectivity index (χ2n) is 17.2. The third kappa shape index (κ3) is 11.2. The van der Waals surface area contributed by atoms with Gasteiger partial charge in [-0.25, -0.2) is 0 Å². The molecule has 0 bridgehead atoms. The maximum Gasteiger partial charge on any atom is 0.165 e. The summed E-state index contributed by atoms with van der Waals surface area (Å²) in [6, 6.07) is 40.8. The Morgan fingerprint density at radius 3 is 1.43 bits per heavy atom. The van der Waals surface area contributed by atoms with Crippen molar-refractivity contribution < 1.29 is 19.3 Å².